The lowest BCUT2D eigenvalue weighted by Crippen LogP contribution is -2.57. The zero-order valence-corrected chi connectivity index (χ0v) is 67.3. The number of aromatic nitrogens is 3. The van der Waals surface area contributed by atoms with E-state index in [1.165, 1.54) is 33.7 Å². The number of nitrogens with one attached hydrogen (secondary N) is 5. The Bertz CT molecular complexity index is 4700. The van der Waals surface area contributed by atoms with E-state index in [0.29, 0.717) is 113 Å². The lowest BCUT2D eigenvalue weighted by atomic mass is 9.71. The van der Waals surface area contributed by atoms with Gasteiger partial charge in [0.05, 0.1) is 55.9 Å². The standard InChI is InChI=1S/C83H105ClN14O12S2/c1-54(57-14-16-59(17-15-57)75-55(2)87-53-111-75)88-79(103)71-46-64(99)51-97(71)81(104)76(82(3,4)5)89-73(100)12-9-7-8-10-13-74(101)95-39-35-93(36-40-95)52-83(6)30-26-66(58-18-20-62(84)21-19-58)61(48-83)50-92-33-37-94(38-34-92)63-22-24-67(69(45-63)96-32-11-41-110-80-72(96)44-60-27-31-85-77(60)90-80)78(102)91-112(107,108)65-23-25-68(70(47-65)98(105)106)86-49-56-28-42-109-43-29-56/h14-25,27,31,44-45,47,53-54,56,64,71,76,86,99H,7-13,26,28-30,32-43,46,48-52H2,1-6H3,(H,85,90)(H,88,103)(H,89,100)(H,91,102)/t54-,64+,71-,76+,83+/m0/s1. The number of carbonyl (C=O) groups is 5. The molecule has 26 nitrogen and oxygen atoms in total. The minimum Gasteiger partial charge on any atom is -0.476 e. The number of aryl methyl sites for hydroxylation is 1. The lowest BCUT2D eigenvalue weighted by molar-refractivity contribution is -0.384. The molecule has 1 aliphatic carbocycles. The SMILES string of the molecule is Cc1ncsc1-c1ccc([C@H](C)NC(=O)[C@@H]2C[C@@H](O)CN2C(=O)[C@@H](NC(=O)CCCCCCC(=O)N2CCN(C[C@]3(C)CCC(c4ccc(Cl)cc4)=C(CN4CCN(c5ccc(C(=O)NS(=O)(=O)c6ccc(NCC7CCOCC7)c([N+](=O)[O-])c6)c(N6CCCOc7nc8[nH]ccc8cc76)c5)CC4)C3)CC2)C(C)(C)C)cc1. The fourth-order valence-corrected chi connectivity index (χ4v) is 18.5. The van der Waals surface area contributed by atoms with E-state index in [1.807, 2.05) is 111 Å². The number of nitrogens with zero attached hydrogens (tertiary/aromatic N) is 9. The quantitative estimate of drug-likeness (QED) is 0.0158. The molecular formula is C83H105ClN14O12S2. The first-order chi connectivity index (χ1) is 53.7. The van der Waals surface area contributed by atoms with Gasteiger partial charge in [-0.25, -0.2) is 18.1 Å². The fourth-order valence-electron chi connectivity index (χ4n) is 16.6. The molecule has 0 bridgehead atoms. The highest BCUT2D eigenvalue weighted by Gasteiger charge is 2.45. The van der Waals surface area contributed by atoms with Crippen molar-refractivity contribution >= 4 is 108 Å². The minimum atomic E-state index is -4.64. The molecule has 0 radical (unpaired) electrons. The highest BCUT2D eigenvalue weighted by atomic mass is 35.5. The van der Waals surface area contributed by atoms with Gasteiger partial charge in [-0.15, -0.1) is 11.3 Å². The molecule has 0 unspecified atom stereocenters. The highest BCUT2D eigenvalue weighted by molar-refractivity contribution is 7.90. The van der Waals surface area contributed by atoms with Gasteiger partial charge in [-0.05, 0) is 159 Å². The van der Waals surface area contributed by atoms with Crippen molar-refractivity contribution in [1.82, 2.24) is 49.9 Å². The number of fused-ring (bicyclic) bond motifs is 2. The van der Waals surface area contributed by atoms with Crippen LogP contribution in [0.15, 0.2) is 119 Å². The molecule has 5 amide bonds. The molecule has 5 aliphatic heterocycles. The summed E-state index contributed by atoms with van der Waals surface area (Å²) in [4.78, 5) is 108. The van der Waals surface area contributed by atoms with Crippen LogP contribution in [0.4, 0.5) is 28.4 Å². The molecule has 112 heavy (non-hydrogen) atoms. The fraction of sp³-hybridized carbons (Fsp3) is 0.506. The molecular weight excluding hydrogens is 1480 g/mol. The Hall–Kier alpha value is -9.03. The largest absolute Gasteiger partial charge is 0.476 e. The Kier molecular flexibility index (Phi) is 25.7. The van der Waals surface area contributed by atoms with Gasteiger partial charge in [-0.1, -0.05) is 94.1 Å². The van der Waals surface area contributed by atoms with Gasteiger partial charge < -0.3 is 55.1 Å². The summed E-state index contributed by atoms with van der Waals surface area (Å²) < 4.78 is 42.4. The van der Waals surface area contributed by atoms with E-state index in [4.69, 9.17) is 26.1 Å². The lowest BCUT2D eigenvalue weighted by Gasteiger charge is -2.44. The molecule has 4 aromatic carbocycles. The summed E-state index contributed by atoms with van der Waals surface area (Å²) in [6.07, 6.45) is 9.44. The topological polar surface area (TPSA) is 310 Å². The number of β-amino-alcohol motifs (C(OH)–C–C–N with tert-alkyl or cyclic N) is 1. The Morgan fingerprint density at radius 2 is 1.56 bits per heavy atom. The molecule has 8 heterocycles. The first-order valence-electron chi connectivity index (χ1n) is 39.5. The van der Waals surface area contributed by atoms with E-state index < -0.39 is 60.9 Å². The number of thiazole rings is 1. The average Bonchev–Trinajstić information content (AvgIpc) is 1.45. The number of amides is 5. The molecule has 6 N–H and O–H groups in total. The number of unbranched alkanes of at least 4 members (excludes halogenated alkanes) is 3. The number of allylic oxidation sites excluding steroid dienone is 1. The Morgan fingerprint density at radius 1 is 0.839 bits per heavy atom. The van der Waals surface area contributed by atoms with Crippen LogP contribution in [0.3, 0.4) is 0 Å². The van der Waals surface area contributed by atoms with Crippen molar-refractivity contribution in [2.75, 3.05) is 120 Å². The van der Waals surface area contributed by atoms with Crippen molar-refractivity contribution in [3.8, 4) is 16.3 Å². The molecule has 598 valence electrons. The molecule has 13 rings (SSSR count). The summed E-state index contributed by atoms with van der Waals surface area (Å²) in [5.41, 5.74) is 10.3. The molecule has 0 saturated carbocycles. The number of nitro groups is 1. The first-order valence-corrected chi connectivity index (χ1v) is 42.2. The van der Waals surface area contributed by atoms with E-state index >= 15 is 0 Å². The van der Waals surface area contributed by atoms with E-state index in [0.717, 1.165) is 123 Å². The number of anilines is 4. The second-order valence-corrected chi connectivity index (χ2v) is 35.4. The van der Waals surface area contributed by atoms with Crippen LogP contribution in [0.2, 0.25) is 5.02 Å². The van der Waals surface area contributed by atoms with Crippen LogP contribution in [-0.4, -0.2) is 206 Å². The van der Waals surface area contributed by atoms with Crippen molar-refractivity contribution in [3.05, 3.63) is 152 Å². The summed E-state index contributed by atoms with van der Waals surface area (Å²) in [5.74, 6) is -1.19. The predicted molar refractivity (Wildman–Crippen MR) is 435 cm³/mol. The second kappa shape index (κ2) is 35.6. The van der Waals surface area contributed by atoms with Crippen LogP contribution in [0.25, 0.3) is 27.0 Å². The van der Waals surface area contributed by atoms with Crippen LogP contribution >= 0.6 is 22.9 Å². The number of rotatable bonds is 27. The number of aromatic amines is 1. The van der Waals surface area contributed by atoms with E-state index in [2.05, 4.69) is 64.4 Å². The van der Waals surface area contributed by atoms with E-state index in [1.54, 1.807) is 23.6 Å². The van der Waals surface area contributed by atoms with Crippen LogP contribution in [0.5, 0.6) is 5.88 Å². The molecule has 6 aliphatic rings. The summed E-state index contributed by atoms with van der Waals surface area (Å²) in [6, 6.07) is 26.8. The molecule has 4 saturated heterocycles. The molecule has 4 fully saturated rings. The van der Waals surface area contributed by atoms with Crippen molar-refractivity contribution in [2.24, 2.45) is 16.7 Å². The molecule has 7 aromatic rings. The maximum absolute atomic E-state index is 14.7. The summed E-state index contributed by atoms with van der Waals surface area (Å²) in [7, 11) is -4.64. The number of carbonyl (C=O) groups excluding carboxylic acids is 5. The van der Waals surface area contributed by atoms with Crippen molar-refractivity contribution in [3.63, 3.8) is 0 Å². The first kappa shape index (κ1) is 81.0. The summed E-state index contributed by atoms with van der Waals surface area (Å²) in [5, 5.41) is 33.9. The Balaban J connectivity index is 0.591. The number of sulfonamides is 1. The van der Waals surface area contributed by atoms with E-state index in [9.17, 15) is 47.6 Å². The number of benzene rings is 4. The van der Waals surface area contributed by atoms with Crippen molar-refractivity contribution in [2.45, 2.75) is 154 Å². The van der Waals surface area contributed by atoms with Gasteiger partial charge in [-0.2, -0.15) is 4.98 Å². The van der Waals surface area contributed by atoms with Gasteiger partial charge in [0.15, 0.2) is 0 Å². The van der Waals surface area contributed by atoms with Gasteiger partial charge in [0.2, 0.25) is 29.5 Å². The number of H-pyrrole nitrogens is 1. The Labute approximate surface area is 664 Å². The number of nitro benzene ring substituents is 1. The minimum absolute atomic E-state index is 0.0134. The van der Waals surface area contributed by atoms with Gasteiger partial charge in [-0.3, -0.25) is 43.9 Å². The monoisotopic (exact) mass is 1590 g/mol. The normalized spacial score (nSPS) is 20.2. The number of pyridine rings is 1. The van der Waals surface area contributed by atoms with Crippen LogP contribution in [0, 0.1) is 33.8 Å². The van der Waals surface area contributed by atoms with Crippen LogP contribution in [-0.2, 0) is 33.9 Å². The smallest absolute Gasteiger partial charge is 0.293 e. The molecule has 3 aromatic heterocycles. The molecule has 0 spiro atoms. The highest BCUT2D eigenvalue weighted by Crippen LogP contribution is 2.46. The van der Waals surface area contributed by atoms with Crippen LogP contribution < -0.4 is 35.2 Å². The number of likely N-dealkylation sites (tertiary alicyclic amines) is 1. The number of piperazine rings is 2. The summed E-state index contributed by atoms with van der Waals surface area (Å²) in [6.45, 7) is 21.7. The third-order valence-corrected chi connectivity index (χ3v) is 25.6. The maximum atomic E-state index is 14.7. The zero-order chi connectivity index (χ0) is 79.0. The maximum Gasteiger partial charge on any atom is 0.293 e. The third kappa shape index (κ3) is 19.6. The number of halogens is 1. The number of aliphatic hydroxyl groups excluding tert-OH is 1. The zero-order valence-electron chi connectivity index (χ0n) is 64.9. The third-order valence-electron chi connectivity index (χ3n) is 23.0. The van der Waals surface area contributed by atoms with E-state index in [-0.39, 0.29) is 65.7 Å². The second-order valence-electron chi connectivity index (χ2n) is 32.4. The van der Waals surface area contributed by atoms with Gasteiger partial charge >= 0.3 is 0 Å². The number of hydrogen-bond donors (Lipinski definition) is 6. The van der Waals surface area contributed by atoms with Gasteiger partial charge in [0.1, 0.15) is 29.1 Å². The average molecular weight is 1590 g/mol. The van der Waals surface area contributed by atoms with Crippen molar-refractivity contribution in [1.29, 1.82) is 0 Å². The number of ether oxygens (including phenoxy) is 2. The number of aliphatic hydroxyl groups is 1. The van der Waals surface area contributed by atoms with Gasteiger partial charge in [0, 0.05) is 146 Å². The number of hydrogen-bond acceptors (Lipinski definition) is 20. The summed E-state index contributed by atoms with van der Waals surface area (Å²) >= 11 is 8.05. The van der Waals surface area contributed by atoms with Crippen LogP contribution in [0.1, 0.15) is 151 Å². The van der Waals surface area contributed by atoms with Crippen molar-refractivity contribution < 1.29 is 51.9 Å². The van der Waals surface area contributed by atoms with Gasteiger partial charge in [0.25, 0.3) is 21.6 Å². The Morgan fingerprint density at radius 3 is 2.28 bits per heavy atom. The molecule has 5 atom stereocenters. The molecule has 29 heteroatoms. The predicted octanol–water partition coefficient (Wildman–Crippen LogP) is 12.1.